The molecular formula is C21H30N6O3. The van der Waals surface area contributed by atoms with Gasteiger partial charge in [0.2, 0.25) is 11.8 Å². The molecule has 4 rings (SSSR count). The molecule has 2 fully saturated rings. The van der Waals surface area contributed by atoms with Crippen molar-refractivity contribution in [3.63, 3.8) is 0 Å². The Morgan fingerprint density at radius 3 is 2.57 bits per heavy atom. The lowest BCUT2D eigenvalue weighted by molar-refractivity contribution is -0.138. The minimum Gasteiger partial charge on any atom is -0.379 e. The van der Waals surface area contributed by atoms with Gasteiger partial charge in [-0.15, -0.1) is 0 Å². The number of carbonyl (C=O) groups is 2. The van der Waals surface area contributed by atoms with Gasteiger partial charge in [-0.3, -0.25) is 19.4 Å². The fraction of sp³-hybridized carbons (Fsp3) is 0.571. The van der Waals surface area contributed by atoms with E-state index in [-0.39, 0.29) is 18.4 Å². The maximum atomic E-state index is 12.6. The zero-order chi connectivity index (χ0) is 21.3. The molecule has 2 aliphatic heterocycles. The minimum absolute atomic E-state index is 0.0695. The molecule has 3 N–H and O–H groups in total. The lowest BCUT2D eigenvalue weighted by atomic mass is 9.84. The van der Waals surface area contributed by atoms with Crippen LogP contribution in [-0.4, -0.2) is 82.6 Å². The number of likely N-dealkylation sites (tertiary alicyclic amines) is 1. The lowest BCUT2D eigenvalue weighted by Crippen LogP contribution is -2.64. The second-order valence-corrected chi connectivity index (χ2v) is 8.24. The van der Waals surface area contributed by atoms with Crippen molar-refractivity contribution in [3.8, 4) is 0 Å². The Hall–Kier alpha value is -2.49. The van der Waals surface area contributed by atoms with E-state index in [0.29, 0.717) is 39.1 Å². The van der Waals surface area contributed by atoms with E-state index in [1.165, 1.54) is 0 Å². The highest BCUT2D eigenvalue weighted by Gasteiger charge is 2.45. The molecule has 162 valence electrons. The topological polar surface area (TPSA) is 106 Å². The maximum absolute atomic E-state index is 12.6. The summed E-state index contributed by atoms with van der Waals surface area (Å²) in [5, 5.41) is 2.97. The summed E-state index contributed by atoms with van der Waals surface area (Å²) < 4.78 is 7.44. The average molecular weight is 415 g/mol. The molecule has 0 atom stereocenters. The molecule has 0 bridgehead atoms. The van der Waals surface area contributed by atoms with Gasteiger partial charge in [-0.2, -0.15) is 0 Å². The standard InChI is InChI=1S/C21H30N6O3/c1-15-23-17-13-16(3-4-18(17)25(15)2)24-19(28)14-26-7-5-21(6-8-26,20(22)29)27-9-11-30-12-10-27/h3-4,13H,5-12,14H2,1-2H3,(H2,22,29)(H,24,28). The van der Waals surface area contributed by atoms with Crippen LogP contribution in [0.15, 0.2) is 18.2 Å². The number of amides is 2. The van der Waals surface area contributed by atoms with Gasteiger partial charge in [-0.05, 0) is 38.0 Å². The molecule has 9 nitrogen and oxygen atoms in total. The number of ether oxygens (including phenoxy) is 1. The zero-order valence-electron chi connectivity index (χ0n) is 17.7. The fourth-order valence-electron chi connectivity index (χ4n) is 4.59. The Balaban J connectivity index is 1.35. The summed E-state index contributed by atoms with van der Waals surface area (Å²) in [6.45, 7) is 6.26. The van der Waals surface area contributed by atoms with Gasteiger partial charge in [0, 0.05) is 38.9 Å². The van der Waals surface area contributed by atoms with Crippen LogP contribution in [0.2, 0.25) is 0 Å². The number of rotatable bonds is 5. The van der Waals surface area contributed by atoms with Crippen LogP contribution in [0, 0.1) is 6.92 Å². The predicted molar refractivity (Wildman–Crippen MR) is 114 cm³/mol. The highest BCUT2D eigenvalue weighted by Crippen LogP contribution is 2.29. The van der Waals surface area contributed by atoms with E-state index >= 15 is 0 Å². The van der Waals surface area contributed by atoms with Gasteiger partial charge in [-0.1, -0.05) is 0 Å². The molecule has 30 heavy (non-hydrogen) atoms. The molecular weight excluding hydrogens is 384 g/mol. The Kier molecular flexibility index (Phi) is 5.77. The van der Waals surface area contributed by atoms with E-state index in [1.54, 1.807) is 0 Å². The molecule has 9 heteroatoms. The van der Waals surface area contributed by atoms with E-state index in [9.17, 15) is 9.59 Å². The largest absolute Gasteiger partial charge is 0.379 e. The Bertz CT molecular complexity index is 942. The molecule has 3 heterocycles. The number of nitrogens with zero attached hydrogens (tertiary/aromatic N) is 4. The normalized spacial score (nSPS) is 20.3. The summed E-state index contributed by atoms with van der Waals surface area (Å²) >= 11 is 0. The molecule has 0 saturated carbocycles. The first-order valence-electron chi connectivity index (χ1n) is 10.5. The molecule has 0 unspecified atom stereocenters. The van der Waals surface area contributed by atoms with Crippen LogP contribution in [0.5, 0.6) is 0 Å². The van der Waals surface area contributed by atoms with Gasteiger partial charge >= 0.3 is 0 Å². The first-order valence-corrected chi connectivity index (χ1v) is 10.5. The third kappa shape index (κ3) is 3.92. The summed E-state index contributed by atoms with van der Waals surface area (Å²) in [5.41, 5.74) is 7.82. The zero-order valence-corrected chi connectivity index (χ0v) is 17.7. The van der Waals surface area contributed by atoms with Crippen molar-refractivity contribution in [3.05, 3.63) is 24.0 Å². The van der Waals surface area contributed by atoms with Crippen LogP contribution < -0.4 is 11.1 Å². The molecule has 1 aromatic heterocycles. The van der Waals surface area contributed by atoms with E-state index < -0.39 is 5.54 Å². The molecule has 0 radical (unpaired) electrons. The quantitative estimate of drug-likeness (QED) is 0.737. The smallest absolute Gasteiger partial charge is 0.238 e. The molecule has 2 aliphatic rings. The number of primary amides is 1. The minimum atomic E-state index is -0.626. The van der Waals surface area contributed by atoms with Gasteiger partial charge in [0.1, 0.15) is 11.4 Å². The molecule has 1 aromatic carbocycles. The Morgan fingerprint density at radius 1 is 1.20 bits per heavy atom. The highest BCUT2D eigenvalue weighted by molar-refractivity contribution is 5.94. The van der Waals surface area contributed by atoms with Crippen LogP contribution >= 0.6 is 0 Å². The second kappa shape index (κ2) is 8.33. The van der Waals surface area contributed by atoms with Crippen LogP contribution in [0.1, 0.15) is 18.7 Å². The molecule has 0 aliphatic carbocycles. The number of piperidine rings is 1. The van der Waals surface area contributed by atoms with E-state index in [0.717, 1.165) is 35.6 Å². The van der Waals surface area contributed by atoms with Crippen molar-refractivity contribution in [1.29, 1.82) is 0 Å². The van der Waals surface area contributed by atoms with Crippen LogP contribution in [0.25, 0.3) is 11.0 Å². The SMILES string of the molecule is Cc1nc2cc(NC(=O)CN3CCC(C(N)=O)(N4CCOCC4)CC3)ccc2n1C. The fourth-order valence-corrected chi connectivity index (χ4v) is 4.59. The van der Waals surface area contributed by atoms with Crippen molar-refractivity contribution >= 4 is 28.5 Å². The van der Waals surface area contributed by atoms with Crippen molar-refractivity contribution < 1.29 is 14.3 Å². The van der Waals surface area contributed by atoms with E-state index in [2.05, 4.69) is 20.1 Å². The van der Waals surface area contributed by atoms with Crippen molar-refractivity contribution in [2.45, 2.75) is 25.3 Å². The number of nitrogens with two attached hydrogens (primary N) is 1. The highest BCUT2D eigenvalue weighted by atomic mass is 16.5. The van der Waals surface area contributed by atoms with Crippen LogP contribution in [0.3, 0.4) is 0 Å². The van der Waals surface area contributed by atoms with Gasteiger partial charge in [0.15, 0.2) is 0 Å². The number of aryl methyl sites for hydroxylation is 2. The average Bonchev–Trinajstić information content (AvgIpc) is 3.02. The lowest BCUT2D eigenvalue weighted by Gasteiger charge is -2.47. The van der Waals surface area contributed by atoms with Gasteiger partial charge in [0.05, 0.1) is 30.8 Å². The molecule has 0 spiro atoms. The number of imidazole rings is 1. The summed E-state index contributed by atoms with van der Waals surface area (Å²) in [5.74, 6) is 0.590. The summed E-state index contributed by atoms with van der Waals surface area (Å²) in [6, 6.07) is 5.76. The number of fused-ring (bicyclic) bond motifs is 1. The van der Waals surface area contributed by atoms with Crippen LogP contribution in [-0.2, 0) is 21.4 Å². The molecule has 2 amide bonds. The number of hydrogen-bond donors (Lipinski definition) is 2. The number of hydrogen-bond acceptors (Lipinski definition) is 6. The number of carbonyl (C=O) groups excluding carboxylic acids is 2. The molecule has 2 saturated heterocycles. The Morgan fingerprint density at radius 2 is 1.90 bits per heavy atom. The predicted octanol–water partition coefficient (Wildman–Crippen LogP) is 0.472. The first-order chi connectivity index (χ1) is 14.4. The number of morpholine rings is 1. The van der Waals surface area contributed by atoms with E-state index in [1.807, 2.05) is 36.7 Å². The number of nitrogens with one attached hydrogen (secondary N) is 1. The van der Waals surface area contributed by atoms with Crippen molar-refractivity contribution in [1.82, 2.24) is 19.4 Å². The monoisotopic (exact) mass is 414 g/mol. The number of anilines is 1. The summed E-state index contributed by atoms with van der Waals surface area (Å²) in [6.07, 6.45) is 1.27. The number of aromatic nitrogens is 2. The third-order valence-electron chi connectivity index (χ3n) is 6.51. The summed E-state index contributed by atoms with van der Waals surface area (Å²) in [7, 11) is 1.97. The van der Waals surface area contributed by atoms with Crippen LogP contribution in [0.4, 0.5) is 5.69 Å². The van der Waals surface area contributed by atoms with Crippen molar-refractivity contribution in [2.24, 2.45) is 12.8 Å². The molecule has 2 aromatic rings. The van der Waals surface area contributed by atoms with E-state index in [4.69, 9.17) is 10.5 Å². The summed E-state index contributed by atoms with van der Waals surface area (Å²) in [4.78, 5) is 33.7. The maximum Gasteiger partial charge on any atom is 0.238 e. The van der Waals surface area contributed by atoms with Gasteiger partial charge in [0.25, 0.3) is 0 Å². The Labute approximate surface area is 176 Å². The van der Waals surface area contributed by atoms with Gasteiger partial charge < -0.3 is 20.4 Å². The number of benzene rings is 1. The third-order valence-corrected chi connectivity index (χ3v) is 6.51. The van der Waals surface area contributed by atoms with Crippen molar-refractivity contribution in [2.75, 3.05) is 51.3 Å². The van der Waals surface area contributed by atoms with Gasteiger partial charge in [-0.25, -0.2) is 4.98 Å². The second-order valence-electron chi connectivity index (χ2n) is 8.24. The first kappa shape index (κ1) is 20.8.